The van der Waals surface area contributed by atoms with Gasteiger partial charge in [0.15, 0.2) is 11.5 Å². The Kier molecular flexibility index (Phi) is 21.7. The monoisotopic (exact) mass is 898 g/mol. The predicted octanol–water partition coefficient (Wildman–Crippen LogP) is 0.849. The number of hydrogen-bond acceptors (Lipinski definition) is 13. The van der Waals surface area contributed by atoms with E-state index in [1.165, 1.54) is 0 Å². The van der Waals surface area contributed by atoms with E-state index < -0.39 is 54.2 Å². The van der Waals surface area contributed by atoms with Gasteiger partial charge >= 0.3 is 42.1 Å². The molecular formula is C33H43F9N8O11. The molecule has 0 radical (unpaired) electrons. The van der Waals surface area contributed by atoms with Crippen LogP contribution in [-0.4, -0.2) is 161 Å². The van der Waals surface area contributed by atoms with Gasteiger partial charge in [0, 0.05) is 66.0 Å². The van der Waals surface area contributed by atoms with Crippen LogP contribution >= 0.6 is 0 Å². The van der Waals surface area contributed by atoms with E-state index in [2.05, 4.69) is 25.9 Å². The van der Waals surface area contributed by atoms with Crippen molar-refractivity contribution < 1.29 is 83.5 Å². The van der Waals surface area contributed by atoms with E-state index in [-0.39, 0.29) is 17.4 Å². The molecule has 28 heteroatoms. The summed E-state index contributed by atoms with van der Waals surface area (Å²) >= 11 is 0. The maximum atomic E-state index is 13.6. The number of carboxylic acid groups (broad SMARTS) is 3. The van der Waals surface area contributed by atoms with Gasteiger partial charge in [-0.1, -0.05) is 0 Å². The van der Waals surface area contributed by atoms with Crippen LogP contribution in [0.5, 0.6) is 0 Å². The van der Waals surface area contributed by atoms with Gasteiger partial charge in [0.1, 0.15) is 6.54 Å². The number of hydrogen-bond donors (Lipinski definition) is 6. The minimum Gasteiger partial charge on any atom is -0.475 e. The zero-order valence-electron chi connectivity index (χ0n) is 32.6. The number of carbonyl (C=O) groups is 4. The third-order valence-corrected chi connectivity index (χ3v) is 7.80. The molecule has 3 heterocycles. The van der Waals surface area contributed by atoms with Crippen LogP contribution in [0, 0.1) is 13.8 Å². The van der Waals surface area contributed by atoms with Crippen molar-refractivity contribution in [1.29, 1.82) is 0 Å². The Labute approximate surface area is 338 Å². The Hall–Kier alpha value is -5.45. The van der Waals surface area contributed by atoms with Crippen LogP contribution in [0.3, 0.4) is 0 Å². The molecule has 1 fully saturated rings. The number of ether oxygens (including phenoxy) is 2. The maximum absolute atomic E-state index is 13.6. The lowest BCUT2D eigenvalue weighted by Gasteiger charge is -2.24. The van der Waals surface area contributed by atoms with Gasteiger partial charge in [-0.2, -0.15) is 44.5 Å². The fourth-order valence-corrected chi connectivity index (χ4v) is 4.65. The van der Waals surface area contributed by atoms with E-state index in [0.717, 1.165) is 47.4 Å². The number of rotatable bonds is 8. The van der Waals surface area contributed by atoms with Crippen molar-refractivity contribution in [3.63, 3.8) is 0 Å². The SMILES string of the molecule is COCCOCCn1c2nc(=O)n(CC(=O)N3CCNCCNCCNCC3)c(=O)c-2nc2cc(C)c(C)cc21.O=C(O)C(F)(F)F.O=C(O)C(F)(F)F.O=C(O)C(F)(F)F. The smallest absolute Gasteiger partial charge is 0.475 e. The molecular weight excluding hydrogens is 855 g/mol. The van der Waals surface area contributed by atoms with Crippen molar-refractivity contribution in [3.05, 3.63) is 44.1 Å². The Balaban J connectivity index is 0.000000726. The van der Waals surface area contributed by atoms with E-state index >= 15 is 0 Å². The molecule has 6 N–H and O–H groups in total. The number of aliphatic carboxylic acids is 3. The van der Waals surface area contributed by atoms with E-state index in [0.29, 0.717) is 58.1 Å². The Bertz CT molecular complexity index is 1940. The molecule has 0 unspecified atom stereocenters. The highest BCUT2D eigenvalue weighted by Crippen LogP contribution is 2.24. The van der Waals surface area contributed by atoms with Gasteiger partial charge in [-0.3, -0.25) is 9.59 Å². The Morgan fingerprint density at radius 3 is 1.57 bits per heavy atom. The molecule has 1 saturated heterocycles. The van der Waals surface area contributed by atoms with E-state index in [9.17, 15) is 53.9 Å². The lowest BCUT2D eigenvalue weighted by atomic mass is 10.1. The number of nitrogens with one attached hydrogen (secondary N) is 3. The van der Waals surface area contributed by atoms with Crippen LogP contribution in [0.4, 0.5) is 39.5 Å². The molecule has 1 amide bonds. The number of halogens is 9. The summed E-state index contributed by atoms with van der Waals surface area (Å²) in [6, 6.07) is 3.89. The molecule has 3 aliphatic heterocycles. The summed E-state index contributed by atoms with van der Waals surface area (Å²) in [5.74, 6) is -8.41. The summed E-state index contributed by atoms with van der Waals surface area (Å²) in [6.45, 7) is 10.6. The standard InChI is InChI=1S/C27H40N8O5.3C2HF3O2/c1-19-16-21-22(17-20(19)2)34(12-13-40-15-14-39-3)25-24(31-21)26(37)35(27(38)32-25)18-23(36)33-10-8-29-6-4-28-5-7-30-9-11-33;3*3-2(4,5)1(6)7/h16-17,28-30H,4-15,18H2,1-3H3;3*(H,6,7). The van der Waals surface area contributed by atoms with Gasteiger partial charge in [-0.05, 0) is 37.1 Å². The molecule has 0 spiro atoms. The summed E-state index contributed by atoms with van der Waals surface area (Å²) in [5.41, 5.74) is 2.08. The van der Waals surface area contributed by atoms with Gasteiger partial charge in [0.25, 0.3) is 5.56 Å². The second-order valence-electron chi connectivity index (χ2n) is 12.3. The fourth-order valence-electron chi connectivity index (χ4n) is 4.65. The summed E-state index contributed by atoms with van der Waals surface area (Å²) in [5, 5.41) is 31.3. The second-order valence-corrected chi connectivity index (χ2v) is 12.3. The van der Waals surface area contributed by atoms with Crippen LogP contribution in [0.2, 0.25) is 0 Å². The quantitative estimate of drug-likeness (QED) is 0.104. The number of carboxylic acids is 3. The average molecular weight is 899 g/mol. The summed E-state index contributed by atoms with van der Waals surface area (Å²) in [7, 11) is 1.60. The topological polar surface area (TPSA) is 257 Å². The van der Waals surface area contributed by atoms with E-state index in [4.69, 9.17) is 39.2 Å². The molecule has 4 rings (SSSR count). The first-order chi connectivity index (χ1) is 28.2. The molecule has 0 aromatic heterocycles. The Morgan fingerprint density at radius 1 is 0.689 bits per heavy atom. The molecule has 1 aromatic carbocycles. The normalized spacial score (nSPS) is 14.2. The number of nitrogens with zero attached hydrogens (tertiary/aromatic N) is 5. The molecule has 344 valence electrons. The fraction of sp³-hybridized carbons (Fsp3) is 0.576. The minimum absolute atomic E-state index is 0.0459. The molecule has 0 bridgehead atoms. The number of benzene rings is 1. The zero-order valence-corrected chi connectivity index (χ0v) is 32.6. The zero-order chi connectivity index (χ0) is 46.7. The van der Waals surface area contributed by atoms with Gasteiger partial charge < -0.3 is 50.2 Å². The van der Waals surface area contributed by atoms with Crippen molar-refractivity contribution in [2.45, 2.75) is 45.5 Å². The number of fused-ring (bicyclic) bond motifs is 2. The van der Waals surface area contributed by atoms with Crippen molar-refractivity contribution in [2.75, 3.05) is 79.3 Å². The van der Waals surface area contributed by atoms with Crippen LogP contribution in [0.25, 0.3) is 22.6 Å². The van der Waals surface area contributed by atoms with Crippen molar-refractivity contribution in [2.24, 2.45) is 0 Å². The lowest BCUT2D eigenvalue weighted by Crippen LogP contribution is -2.48. The lowest BCUT2D eigenvalue weighted by molar-refractivity contribution is -0.193. The molecule has 0 atom stereocenters. The maximum Gasteiger partial charge on any atom is 0.490 e. The highest BCUT2D eigenvalue weighted by atomic mass is 19.4. The number of aryl methyl sites for hydroxylation is 2. The van der Waals surface area contributed by atoms with Crippen LogP contribution < -0.4 is 27.2 Å². The van der Waals surface area contributed by atoms with Crippen LogP contribution in [-0.2, 0) is 41.7 Å². The van der Waals surface area contributed by atoms with Crippen molar-refractivity contribution in [1.82, 2.24) is 40.0 Å². The highest BCUT2D eigenvalue weighted by molar-refractivity contribution is 5.81. The van der Waals surface area contributed by atoms with Gasteiger partial charge in [0.05, 0.1) is 30.9 Å². The number of methoxy groups -OCH3 is 1. The van der Waals surface area contributed by atoms with E-state index in [1.54, 1.807) is 16.6 Å². The molecule has 3 aliphatic rings. The first-order valence-corrected chi connectivity index (χ1v) is 17.5. The molecule has 0 saturated carbocycles. The summed E-state index contributed by atoms with van der Waals surface area (Å²) in [4.78, 5) is 77.3. The predicted molar refractivity (Wildman–Crippen MR) is 193 cm³/mol. The number of amides is 1. The van der Waals surface area contributed by atoms with Gasteiger partial charge in [-0.25, -0.2) is 28.7 Å². The third-order valence-electron chi connectivity index (χ3n) is 7.80. The first kappa shape index (κ1) is 53.6. The third kappa shape index (κ3) is 18.8. The highest BCUT2D eigenvalue weighted by Gasteiger charge is 2.39. The Morgan fingerprint density at radius 2 is 1.13 bits per heavy atom. The largest absolute Gasteiger partial charge is 0.490 e. The van der Waals surface area contributed by atoms with E-state index in [1.807, 2.05) is 26.0 Å². The number of alkyl halides is 9. The molecule has 19 nitrogen and oxygen atoms in total. The number of aromatic nitrogens is 4. The van der Waals surface area contributed by atoms with Crippen molar-refractivity contribution >= 4 is 34.8 Å². The van der Waals surface area contributed by atoms with Crippen LogP contribution in [0.15, 0.2) is 21.7 Å². The van der Waals surface area contributed by atoms with Crippen LogP contribution in [0.1, 0.15) is 11.1 Å². The number of carbonyl (C=O) groups excluding carboxylic acids is 1. The minimum atomic E-state index is -5.08. The summed E-state index contributed by atoms with van der Waals surface area (Å²) < 4.78 is 109. The molecule has 1 aromatic rings. The summed E-state index contributed by atoms with van der Waals surface area (Å²) in [6.07, 6.45) is -15.3. The first-order valence-electron chi connectivity index (χ1n) is 17.5. The second kappa shape index (κ2) is 24.7. The van der Waals surface area contributed by atoms with Gasteiger partial charge in [0.2, 0.25) is 5.91 Å². The van der Waals surface area contributed by atoms with Gasteiger partial charge in [-0.15, -0.1) is 0 Å². The van der Waals surface area contributed by atoms with Crippen molar-refractivity contribution in [3.8, 4) is 11.5 Å². The average Bonchev–Trinajstić information content (AvgIpc) is 3.14. The molecule has 61 heavy (non-hydrogen) atoms. The molecule has 0 aliphatic carbocycles.